The molecule has 2 N–H and O–H groups in total. The Balaban J connectivity index is 2.72. The largest absolute Gasteiger partial charge is 0.305 e. The van der Waals surface area contributed by atoms with Crippen molar-refractivity contribution in [2.75, 3.05) is 5.75 Å². The van der Waals surface area contributed by atoms with E-state index in [1.807, 2.05) is 6.92 Å². The van der Waals surface area contributed by atoms with Crippen LogP contribution in [-0.2, 0) is 4.18 Å². The Hall–Kier alpha value is 0.270. The van der Waals surface area contributed by atoms with Gasteiger partial charge in [-0.2, -0.15) is 0 Å². The molecular weight excluding hydrogens is 122 g/mol. The monoisotopic (exact) mass is 135 g/mol. The van der Waals surface area contributed by atoms with Crippen molar-refractivity contribution >= 4 is 12.0 Å². The van der Waals surface area contributed by atoms with Gasteiger partial charge in [-0.05, 0) is 25.4 Å². The second kappa shape index (κ2) is 5.41. The number of hydrogen-bond donors (Lipinski definition) is 1. The molecule has 0 spiro atoms. The fraction of sp³-hybridized carbons (Fsp3) is 1.00. The van der Waals surface area contributed by atoms with Gasteiger partial charge in [0.25, 0.3) is 0 Å². The minimum atomic E-state index is -0.133. The van der Waals surface area contributed by atoms with E-state index in [0.29, 0.717) is 0 Å². The summed E-state index contributed by atoms with van der Waals surface area (Å²) in [6.45, 7) is 3.93. The molecule has 0 aliphatic rings. The predicted octanol–water partition coefficient (Wildman–Crippen LogP) is 1.37. The minimum Gasteiger partial charge on any atom is -0.305 e. The normalized spacial score (nSPS) is 13.9. The van der Waals surface area contributed by atoms with Crippen molar-refractivity contribution in [2.45, 2.75) is 26.5 Å². The van der Waals surface area contributed by atoms with Crippen LogP contribution in [0.5, 0.6) is 0 Å². The lowest BCUT2D eigenvalue weighted by molar-refractivity contribution is 0.275. The van der Waals surface area contributed by atoms with E-state index in [1.54, 1.807) is 0 Å². The summed E-state index contributed by atoms with van der Waals surface area (Å²) in [7, 11) is 0. The van der Waals surface area contributed by atoms with E-state index < -0.39 is 0 Å². The lowest BCUT2D eigenvalue weighted by atomic mass is 10.6. The Morgan fingerprint density at radius 3 is 2.75 bits per heavy atom. The van der Waals surface area contributed by atoms with Gasteiger partial charge in [0.05, 0.1) is 0 Å². The highest BCUT2D eigenvalue weighted by atomic mass is 32.2. The van der Waals surface area contributed by atoms with E-state index in [9.17, 15) is 0 Å². The van der Waals surface area contributed by atoms with Crippen LogP contribution in [0.25, 0.3) is 0 Å². The van der Waals surface area contributed by atoms with Gasteiger partial charge in [0, 0.05) is 5.75 Å². The second-order valence-electron chi connectivity index (χ2n) is 1.62. The van der Waals surface area contributed by atoms with Gasteiger partial charge in [-0.25, -0.2) is 0 Å². The molecule has 0 aromatic heterocycles. The molecule has 0 radical (unpaired) electrons. The zero-order valence-electron chi connectivity index (χ0n) is 5.39. The first-order chi connectivity index (χ1) is 3.77. The first-order valence-corrected chi connectivity index (χ1v) is 3.72. The highest BCUT2D eigenvalue weighted by Crippen LogP contribution is 2.04. The molecule has 0 aliphatic heterocycles. The Morgan fingerprint density at radius 2 is 2.38 bits per heavy atom. The third kappa shape index (κ3) is 6.27. The van der Waals surface area contributed by atoms with E-state index in [0.717, 1.165) is 12.2 Å². The molecule has 8 heavy (non-hydrogen) atoms. The standard InChI is InChI=1S/C5H13NOS/c1-3-4-8-7-5(2)6/h5H,3-4,6H2,1-2H3. The van der Waals surface area contributed by atoms with Gasteiger partial charge in [-0.1, -0.05) is 6.92 Å². The third-order valence-corrected chi connectivity index (χ3v) is 1.52. The molecule has 2 nitrogen and oxygen atoms in total. The van der Waals surface area contributed by atoms with Crippen LogP contribution in [0.15, 0.2) is 0 Å². The molecular formula is C5H13NOS. The van der Waals surface area contributed by atoms with E-state index in [1.165, 1.54) is 12.0 Å². The number of hydrogen-bond acceptors (Lipinski definition) is 3. The van der Waals surface area contributed by atoms with Gasteiger partial charge >= 0.3 is 0 Å². The molecule has 3 heteroatoms. The zero-order valence-corrected chi connectivity index (χ0v) is 6.20. The van der Waals surface area contributed by atoms with Crippen LogP contribution in [0.4, 0.5) is 0 Å². The van der Waals surface area contributed by atoms with Gasteiger partial charge in [-0.3, -0.25) is 4.18 Å². The fourth-order valence-electron chi connectivity index (χ4n) is 0.239. The molecule has 0 aromatic carbocycles. The molecule has 50 valence electrons. The molecule has 0 saturated heterocycles. The van der Waals surface area contributed by atoms with Crippen molar-refractivity contribution in [3.63, 3.8) is 0 Å². The van der Waals surface area contributed by atoms with Crippen LogP contribution in [-0.4, -0.2) is 12.0 Å². The highest BCUT2D eigenvalue weighted by molar-refractivity contribution is 7.94. The predicted molar refractivity (Wildman–Crippen MR) is 37.5 cm³/mol. The molecule has 0 aliphatic carbocycles. The van der Waals surface area contributed by atoms with Crippen LogP contribution in [0, 0.1) is 0 Å². The molecule has 0 rings (SSSR count). The molecule has 0 heterocycles. The summed E-state index contributed by atoms with van der Waals surface area (Å²) in [4.78, 5) is 0. The minimum absolute atomic E-state index is 0.133. The highest BCUT2D eigenvalue weighted by Gasteiger charge is 1.90. The van der Waals surface area contributed by atoms with Crippen LogP contribution < -0.4 is 5.73 Å². The molecule has 0 amide bonds. The summed E-state index contributed by atoms with van der Waals surface area (Å²) in [6, 6.07) is 0. The third-order valence-electron chi connectivity index (χ3n) is 0.507. The van der Waals surface area contributed by atoms with Crippen LogP contribution in [0.1, 0.15) is 20.3 Å². The van der Waals surface area contributed by atoms with Gasteiger partial charge in [0.2, 0.25) is 0 Å². The van der Waals surface area contributed by atoms with Crippen molar-refractivity contribution in [1.82, 2.24) is 0 Å². The fourth-order valence-corrected chi connectivity index (χ4v) is 0.716. The van der Waals surface area contributed by atoms with Gasteiger partial charge in [0.1, 0.15) is 6.23 Å². The summed E-state index contributed by atoms with van der Waals surface area (Å²) in [6.07, 6.45) is 1.00. The van der Waals surface area contributed by atoms with Crippen molar-refractivity contribution in [1.29, 1.82) is 0 Å². The SMILES string of the molecule is CCCSOC(C)N. The maximum absolute atomic E-state index is 5.29. The maximum Gasteiger partial charge on any atom is 0.117 e. The summed E-state index contributed by atoms with van der Waals surface area (Å²) < 4.78 is 4.98. The van der Waals surface area contributed by atoms with Crippen molar-refractivity contribution in [3.05, 3.63) is 0 Å². The first kappa shape index (κ1) is 8.27. The van der Waals surface area contributed by atoms with E-state index in [4.69, 9.17) is 9.92 Å². The second-order valence-corrected chi connectivity index (χ2v) is 2.46. The van der Waals surface area contributed by atoms with Crippen molar-refractivity contribution in [2.24, 2.45) is 5.73 Å². The summed E-state index contributed by atoms with van der Waals surface area (Å²) in [5.74, 6) is 1.03. The Morgan fingerprint density at radius 1 is 1.75 bits per heavy atom. The maximum atomic E-state index is 5.29. The average Bonchev–Trinajstić information content (AvgIpc) is 1.66. The smallest absolute Gasteiger partial charge is 0.117 e. The Labute approximate surface area is 55.0 Å². The van der Waals surface area contributed by atoms with Crippen molar-refractivity contribution in [3.8, 4) is 0 Å². The Kier molecular flexibility index (Phi) is 5.59. The lowest BCUT2D eigenvalue weighted by Gasteiger charge is -2.02. The molecule has 0 fully saturated rings. The van der Waals surface area contributed by atoms with E-state index >= 15 is 0 Å². The first-order valence-electron chi connectivity index (χ1n) is 2.81. The Bertz CT molecular complexity index is 49.7. The molecule has 1 unspecified atom stereocenters. The average molecular weight is 135 g/mol. The summed E-state index contributed by atoms with van der Waals surface area (Å²) in [5.41, 5.74) is 5.29. The van der Waals surface area contributed by atoms with Crippen LogP contribution >= 0.6 is 12.0 Å². The van der Waals surface area contributed by atoms with Crippen LogP contribution in [0.2, 0.25) is 0 Å². The van der Waals surface area contributed by atoms with E-state index in [-0.39, 0.29) is 6.23 Å². The lowest BCUT2D eigenvalue weighted by Crippen LogP contribution is -2.15. The van der Waals surface area contributed by atoms with Gasteiger partial charge < -0.3 is 5.73 Å². The summed E-state index contributed by atoms with van der Waals surface area (Å²) >= 11 is 1.44. The molecule has 0 aromatic rings. The molecule has 0 saturated carbocycles. The van der Waals surface area contributed by atoms with Gasteiger partial charge in [0.15, 0.2) is 0 Å². The van der Waals surface area contributed by atoms with Crippen LogP contribution in [0.3, 0.4) is 0 Å². The van der Waals surface area contributed by atoms with Crippen molar-refractivity contribution < 1.29 is 4.18 Å². The quantitative estimate of drug-likeness (QED) is 0.359. The number of rotatable bonds is 4. The zero-order chi connectivity index (χ0) is 6.41. The molecule has 0 bridgehead atoms. The number of nitrogens with two attached hydrogens (primary N) is 1. The van der Waals surface area contributed by atoms with E-state index in [2.05, 4.69) is 6.92 Å². The van der Waals surface area contributed by atoms with Gasteiger partial charge in [-0.15, -0.1) is 0 Å². The summed E-state index contributed by atoms with van der Waals surface area (Å²) in [5, 5.41) is 0. The topological polar surface area (TPSA) is 35.2 Å². The molecule has 1 atom stereocenters.